The van der Waals surface area contributed by atoms with Crippen molar-refractivity contribution in [3.05, 3.63) is 78.0 Å². The van der Waals surface area contributed by atoms with Crippen LogP contribution in [0.5, 0.6) is 23.0 Å². The molecule has 226 valence electrons. The van der Waals surface area contributed by atoms with Gasteiger partial charge in [0.05, 0.1) is 37.1 Å². The number of urea groups is 1. The summed E-state index contributed by atoms with van der Waals surface area (Å²) in [6.45, 7) is 6.39. The lowest BCUT2D eigenvalue weighted by atomic mass is 10.1. The quantitative estimate of drug-likeness (QED) is 0.222. The van der Waals surface area contributed by atoms with Gasteiger partial charge in [0.2, 0.25) is 0 Å². The molecule has 0 bridgehead atoms. The fraction of sp³-hybridized carbons (Fsp3) is 0.290. The molecule has 0 aliphatic carbocycles. The summed E-state index contributed by atoms with van der Waals surface area (Å²) >= 11 is 0. The summed E-state index contributed by atoms with van der Waals surface area (Å²) in [4.78, 5) is 19.3. The first-order chi connectivity index (χ1) is 20.7. The molecule has 12 heteroatoms. The fourth-order valence-corrected chi connectivity index (χ4v) is 4.54. The van der Waals surface area contributed by atoms with Crippen LogP contribution in [0.15, 0.2) is 66.7 Å². The molecule has 1 aromatic heterocycles. The minimum atomic E-state index is -4.50. The van der Waals surface area contributed by atoms with E-state index >= 15 is 0 Å². The lowest BCUT2D eigenvalue weighted by Crippen LogP contribution is -2.38. The third kappa shape index (κ3) is 7.85. The van der Waals surface area contributed by atoms with Gasteiger partial charge in [0.1, 0.15) is 18.1 Å². The Labute approximate surface area is 246 Å². The molecule has 0 spiro atoms. The second kappa shape index (κ2) is 13.2. The molecule has 43 heavy (non-hydrogen) atoms. The van der Waals surface area contributed by atoms with E-state index in [-0.39, 0.29) is 5.69 Å². The number of alkyl halides is 3. The molecule has 1 aliphatic rings. The highest BCUT2D eigenvalue weighted by Gasteiger charge is 2.30. The zero-order valence-corrected chi connectivity index (χ0v) is 23.7. The topological polar surface area (TPSA) is 94.2 Å². The molecular weight excluding hydrogens is 565 g/mol. The molecule has 0 unspecified atom stereocenters. The summed E-state index contributed by atoms with van der Waals surface area (Å²) in [5.41, 5.74) is 1.00. The van der Waals surface area contributed by atoms with Crippen LogP contribution in [0.2, 0.25) is 0 Å². The number of nitrogens with one attached hydrogen (secondary N) is 2. The number of nitrogens with zero attached hydrogens (tertiary/aromatic N) is 2. The second-order valence-electron chi connectivity index (χ2n) is 9.85. The van der Waals surface area contributed by atoms with Crippen LogP contribution >= 0.6 is 0 Å². The third-order valence-electron chi connectivity index (χ3n) is 6.80. The summed E-state index contributed by atoms with van der Waals surface area (Å²) in [5, 5.41) is 5.81. The Hall–Kier alpha value is -4.55. The number of halogens is 3. The molecule has 0 atom stereocenters. The van der Waals surface area contributed by atoms with Crippen LogP contribution in [-0.4, -0.2) is 62.5 Å². The van der Waals surface area contributed by atoms with Gasteiger partial charge in [0, 0.05) is 42.5 Å². The number of methoxy groups -OCH3 is 1. The van der Waals surface area contributed by atoms with Gasteiger partial charge in [-0.1, -0.05) is 6.07 Å². The van der Waals surface area contributed by atoms with Crippen molar-refractivity contribution in [2.75, 3.05) is 57.2 Å². The lowest BCUT2D eigenvalue weighted by Gasteiger charge is -2.26. The number of benzene rings is 3. The average Bonchev–Trinajstić information content (AvgIpc) is 2.98. The maximum atomic E-state index is 12.9. The number of rotatable bonds is 9. The Morgan fingerprint density at radius 1 is 0.953 bits per heavy atom. The summed E-state index contributed by atoms with van der Waals surface area (Å²) in [6.07, 6.45) is -4.50. The maximum Gasteiger partial charge on any atom is 0.416 e. The number of carbonyl (C=O) groups is 1. The highest BCUT2D eigenvalue weighted by molar-refractivity contribution is 5.99. The zero-order chi connectivity index (χ0) is 30.4. The SMILES string of the molecule is COc1cc2cc(Oc3ccc(NC(=O)Nc4cccc(C(F)(F)F)c4)cc3)c(C)nc2cc1OCCN1CCOCC1. The minimum absolute atomic E-state index is 0.0230. The van der Waals surface area contributed by atoms with E-state index in [1.165, 1.54) is 12.1 Å². The van der Waals surface area contributed by atoms with E-state index in [1.54, 1.807) is 31.4 Å². The zero-order valence-electron chi connectivity index (χ0n) is 23.7. The van der Waals surface area contributed by atoms with Gasteiger partial charge in [-0.2, -0.15) is 13.2 Å². The van der Waals surface area contributed by atoms with Crippen molar-refractivity contribution >= 4 is 28.3 Å². The average molecular weight is 597 g/mol. The first-order valence-corrected chi connectivity index (χ1v) is 13.6. The summed E-state index contributed by atoms with van der Waals surface area (Å²) < 4.78 is 61.9. The second-order valence-corrected chi connectivity index (χ2v) is 9.85. The maximum absolute atomic E-state index is 12.9. The number of pyridine rings is 1. The van der Waals surface area contributed by atoms with E-state index in [2.05, 4.69) is 15.5 Å². The molecule has 0 saturated carbocycles. The molecule has 4 aromatic rings. The first kappa shape index (κ1) is 29.9. The van der Waals surface area contributed by atoms with Crippen LogP contribution in [-0.2, 0) is 10.9 Å². The molecule has 2 N–H and O–H groups in total. The van der Waals surface area contributed by atoms with E-state index in [9.17, 15) is 18.0 Å². The first-order valence-electron chi connectivity index (χ1n) is 13.6. The van der Waals surface area contributed by atoms with E-state index in [4.69, 9.17) is 23.9 Å². The fourth-order valence-electron chi connectivity index (χ4n) is 4.54. The molecule has 5 rings (SSSR count). The summed E-state index contributed by atoms with van der Waals surface area (Å²) in [7, 11) is 1.59. The van der Waals surface area contributed by atoms with E-state index in [1.807, 2.05) is 25.1 Å². The number of carbonyl (C=O) groups excluding carboxylic acids is 1. The number of hydrogen-bond acceptors (Lipinski definition) is 7. The van der Waals surface area contributed by atoms with Gasteiger partial charge in [-0.05, 0) is 61.5 Å². The molecular formula is C31H31F3N4O5. The van der Waals surface area contributed by atoms with Crippen LogP contribution in [0.3, 0.4) is 0 Å². The van der Waals surface area contributed by atoms with Gasteiger partial charge >= 0.3 is 12.2 Å². The molecule has 1 aliphatic heterocycles. The lowest BCUT2D eigenvalue weighted by molar-refractivity contribution is -0.137. The predicted octanol–water partition coefficient (Wildman–Crippen LogP) is 6.72. The van der Waals surface area contributed by atoms with E-state index in [0.717, 1.165) is 55.9 Å². The van der Waals surface area contributed by atoms with Gasteiger partial charge in [0.25, 0.3) is 0 Å². The predicted molar refractivity (Wildman–Crippen MR) is 156 cm³/mol. The largest absolute Gasteiger partial charge is 0.493 e. The van der Waals surface area contributed by atoms with Crippen molar-refractivity contribution in [2.24, 2.45) is 0 Å². The summed E-state index contributed by atoms with van der Waals surface area (Å²) in [5.74, 6) is 2.25. The molecule has 3 aromatic carbocycles. The van der Waals surface area contributed by atoms with E-state index < -0.39 is 17.8 Å². The number of fused-ring (bicyclic) bond motifs is 1. The van der Waals surface area contributed by atoms with Gasteiger partial charge in [-0.15, -0.1) is 0 Å². The number of morpholine rings is 1. The molecule has 2 heterocycles. The molecule has 1 saturated heterocycles. The van der Waals surface area contributed by atoms with Crippen LogP contribution in [0.4, 0.5) is 29.3 Å². The molecule has 0 radical (unpaired) electrons. The standard InChI is InChI=1S/C31H31F3N4O5/c1-20-27(16-21-17-28(40-2)29(19-26(21)35-20)42-15-12-38-10-13-41-14-11-38)43-25-8-6-23(7-9-25)36-30(39)37-24-5-3-4-22(18-24)31(32,33)34/h3-9,16-19H,10-15H2,1-2H3,(H2,36,37,39). The van der Waals surface area contributed by atoms with Crippen LogP contribution < -0.4 is 24.8 Å². The van der Waals surface area contributed by atoms with Crippen LogP contribution in [0, 0.1) is 6.92 Å². The van der Waals surface area contributed by atoms with Crippen molar-refractivity contribution < 1.29 is 36.9 Å². The third-order valence-corrected chi connectivity index (χ3v) is 6.80. The summed E-state index contributed by atoms with van der Waals surface area (Å²) in [6, 6.07) is 15.9. The minimum Gasteiger partial charge on any atom is -0.493 e. The number of anilines is 2. The number of aryl methyl sites for hydroxylation is 1. The van der Waals surface area contributed by atoms with Crippen molar-refractivity contribution in [2.45, 2.75) is 13.1 Å². The Balaban J connectivity index is 1.21. The van der Waals surface area contributed by atoms with Crippen LogP contribution in [0.25, 0.3) is 10.9 Å². The van der Waals surface area contributed by atoms with Crippen molar-refractivity contribution in [1.82, 2.24) is 9.88 Å². The van der Waals surface area contributed by atoms with Gasteiger partial charge in [0.15, 0.2) is 11.5 Å². The normalized spacial score (nSPS) is 13.9. The highest BCUT2D eigenvalue weighted by Crippen LogP contribution is 2.35. The number of amides is 2. The number of aromatic nitrogens is 1. The monoisotopic (exact) mass is 596 g/mol. The Morgan fingerprint density at radius 2 is 1.67 bits per heavy atom. The van der Waals surface area contributed by atoms with Crippen molar-refractivity contribution in [3.8, 4) is 23.0 Å². The van der Waals surface area contributed by atoms with Crippen molar-refractivity contribution in [3.63, 3.8) is 0 Å². The van der Waals surface area contributed by atoms with Crippen molar-refractivity contribution in [1.29, 1.82) is 0 Å². The molecule has 9 nitrogen and oxygen atoms in total. The van der Waals surface area contributed by atoms with E-state index in [0.29, 0.717) is 41.0 Å². The molecule has 2 amide bonds. The van der Waals surface area contributed by atoms with Gasteiger partial charge in [-0.3, -0.25) is 4.90 Å². The molecule has 1 fully saturated rings. The van der Waals surface area contributed by atoms with Gasteiger partial charge < -0.3 is 29.6 Å². The number of hydrogen-bond donors (Lipinski definition) is 2. The Kier molecular flexibility index (Phi) is 9.17. The van der Waals surface area contributed by atoms with Gasteiger partial charge in [-0.25, -0.2) is 9.78 Å². The Bertz CT molecular complexity index is 1570. The highest BCUT2D eigenvalue weighted by atomic mass is 19.4. The number of ether oxygens (including phenoxy) is 4. The smallest absolute Gasteiger partial charge is 0.416 e. The van der Waals surface area contributed by atoms with Crippen LogP contribution in [0.1, 0.15) is 11.3 Å². The Morgan fingerprint density at radius 3 is 2.40 bits per heavy atom.